The van der Waals surface area contributed by atoms with Crippen molar-refractivity contribution in [2.45, 2.75) is 39.7 Å². The van der Waals surface area contributed by atoms with Crippen molar-refractivity contribution in [3.05, 3.63) is 23.8 Å². The van der Waals surface area contributed by atoms with E-state index in [1.165, 1.54) is 5.56 Å². The quantitative estimate of drug-likeness (QED) is 0.766. The zero-order chi connectivity index (χ0) is 11.4. The Morgan fingerprint density at radius 2 is 1.87 bits per heavy atom. The van der Waals surface area contributed by atoms with Crippen molar-refractivity contribution < 1.29 is 0 Å². The van der Waals surface area contributed by atoms with Crippen LogP contribution in [0, 0.1) is 6.92 Å². The molecule has 0 aliphatic rings. The number of rotatable bonds is 4. The Morgan fingerprint density at radius 1 is 1.27 bits per heavy atom. The number of nitrogens with zero attached hydrogens (tertiary/aromatic N) is 1. The van der Waals surface area contributed by atoms with Crippen LogP contribution >= 0.6 is 0 Å². The molecular formula is C13H22N2. The second-order valence-electron chi connectivity index (χ2n) is 4.14. The van der Waals surface area contributed by atoms with Gasteiger partial charge in [0.2, 0.25) is 0 Å². The van der Waals surface area contributed by atoms with Gasteiger partial charge in [-0.1, -0.05) is 19.9 Å². The maximum absolute atomic E-state index is 6.00. The van der Waals surface area contributed by atoms with Crippen molar-refractivity contribution in [3.8, 4) is 0 Å². The lowest BCUT2D eigenvalue weighted by molar-refractivity contribution is 0.592. The predicted octanol–water partition coefficient (Wildman–Crippen LogP) is 3.20. The third-order valence-corrected chi connectivity index (χ3v) is 3.06. The third kappa shape index (κ3) is 2.65. The molecule has 15 heavy (non-hydrogen) atoms. The van der Waals surface area contributed by atoms with Gasteiger partial charge in [0.1, 0.15) is 0 Å². The maximum Gasteiger partial charge on any atom is 0.0602 e. The topological polar surface area (TPSA) is 29.3 Å². The summed E-state index contributed by atoms with van der Waals surface area (Å²) in [5, 5.41) is 0. The first-order chi connectivity index (χ1) is 7.10. The largest absolute Gasteiger partial charge is 0.397 e. The highest BCUT2D eigenvalue weighted by molar-refractivity contribution is 5.68. The number of hydrogen-bond donors (Lipinski definition) is 1. The maximum atomic E-state index is 6.00. The van der Waals surface area contributed by atoms with Crippen LogP contribution in [0.15, 0.2) is 18.2 Å². The van der Waals surface area contributed by atoms with Crippen LogP contribution in [0.4, 0.5) is 11.4 Å². The first kappa shape index (κ1) is 11.9. The van der Waals surface area contributed by atoms with Crippen LogP contribution in [0.2, 0.25) is 0 Å². The van der Waals surface area contributed by atoms with Crippen molar-refractivity contribution >= 4 is 11.4 Å². The minimum absolute atomic E-state index is 0.578. The molecule has 1 aromatic rings. The van der Waals surface area contributed by atoms with E-state index in [0.717, 1.165) is 24.2 Å². The summed E-state index contributed by atoms with van der Waals surface area (Å²) in [6.45, 7) is 6.54. The summed E-state index contributed by atoms with van der Waals surface area (Å²) in [4.78, 5) is 2.29. The molecule has 0 radical (unpaired) electrons. The molecule has 1 rings (SSSR count). The van der Waals surface area contributed by atoms with E-state index >= 15 is 0 Å². The minimum atomic E-state index is 0.578. The molecule has 1 aromatic carbocycles. The van der Waals surface area contributed by atoms with Gasteiger partial charge in [0.15, 0.2) is 0 Å². The molecule has 0 fully saturated rings. The van der Waals surface area contributed by atoms with E-state index in [2.05, 4.69) is 44.9 Å². The van der Waals surface area contributed by atoms with Crippen molar-refractivity contribution in [3.63, 3.8) is 0 Å². The Morgan fingerprint density at radius 3 is 2.40 bits per heavy atom. The number of hydrogen-bond acceptors (Lipinski definition) is 2. The molecular weight excluding hydrogens is 184 g/mol. The van der Waals surface area contributed by atoms with E-state index in [4.69, 9.17) is 5.73 Å². The lowest BCUT2D eigenvalue weighted by atomic mass is 10.1. The second kappa shape index (κ2) is 5.06. The third-order valence-electron chi connectivity index (χ3n) is 3.06. The zero-order valence-electron chi connectivity index (χ0n) is 10.2. The average Bonchev–Trinajstić information content (AvgIpc) is 2.23. The molecule has 0 aliphatic heterocycles. The number of anilines is 2. The van der Waals surface area contributed by atoms with Crippen LogP contribution in [0.3, 0.4) is 0 Å². The fourth-order valence-electron chi connectivity index (χ4n) is 1.99. The average molecular weight is 206 g/mol. The molecule has 0 aliphatic carbocycles. The molecule has 0 heterocycles. The Labute approximate surface area is 93.1 Å². The summed E-state index contributed by atoms with van der Waals surface area (Å²) >= 11 is 0. The van der Waals surface area contributed by atoms with E-state index < -0.39 is 0 Å². The highest BCUT2D eigenvalue weighted by Gasteiger charge is 2.13. The van der Waals surface area contributed by atoms with Crippen LogP contribution in [0.1, 0.15) is 32.3 Å². The molecule has 0 amide bonds. The van der Waals surface area contributed by atoms with Crippen LogP contribution < -0.4 is 10.6 Å². The van der Waals surface area contributed by atoms with E-state index in [9.17, 15) is 0 Å². The molecule has 2 N–H and O–H groups in total. The first-order valence-electron chi connectivity index (χ1n) is 5.69. The molecule has 84 valence electrons. The highest BCUT2D eigenvalue weighted by atomic mass is 15.1. The van der Waals surface area contributed by atoms with Crippen molar-refractivity contribution in [2.75, 3.05) is 17.7 Å². The molecule has 0 spiro atoms. The summed E-state index contributed by atoms with van der Waals surface area (Å²) < 4.78 is 0. The van der Waals surface area contributed by atoms with E-state index in [0.29, 0.717) is 6.04 Å². The van der Waals surface area contributed by atoms with Gasteiger partial charge < -0.3 is 10.6 Å². The van der Waals surface area contributed by atoms with Gasteiger partial charge in [-0.3, -0.25) is 0 Å². The van der Waals surface area contributed by atoms with Gasteiger partial charge in [-0.15, -0.1) is 0 Å². The lowest BCUT2D eigenvalue weighted by Crippen LogP contribution is -2.30. The Bertz CT molecular complexity index is 316. The van der Waals surface area contributed by atoms with Crippen LogP contribution in [0.25, 0.3) is 0 Å². The van der Waals surface area contributed by atoms with Crippen molar-refractivity contribution in [2.24, 2.45) is 0 Å². The zero-order valence-corrected chi connectivity index (χ0v) is 10.2. The highest BCUT2D eigenvalue weighted by Crippen LogP contribution is 2.26. The van der Waals surface area contributed by atoms with Crippen molar-refractivity contribution in [1.82, 2.24) is 0 Å². The minimum Gasteiger partial charge on any atom is -0.397 e. The summed E-state index contributed by atoms with van der Waals surface area (Å²) in [7, 11) is 2.13. The summed E-state index contributed by atoms with van der Waals surface area (Å²) in [5.74, 6) is 0. The van der Waals surface area contributed by atoms with Gasteiger partial charge in [-0.25, -0.2) is 0 Å². The summed E-state index contributed by atoms with van der Waals surface area (Å²) in [6.07, 6.45) is 2.31. The number of aryl methyl sites for hydroxylation is 1. The van der Waals surface area contributed by atoms with Gasteiger partial charge in [0.25, 0.3) is 0 Å². The van der Waals surface area contributed by atoms with Crippen LogP contribution in [0.5, 0.6) is 0 Å². The molecule has 0 saturated carbocycles. The number of nitrogen functional groups attached to an aromatic ring is 1. The van der Waals surface area contributed by atoms with Gasteiger partial charge in [-0.05, 0) is 37.5 Å². The number of benzene rings is 1. The smallest absolute Gasteiger partial charge is 0.0602 e. The molecule has 0 unspecified atom stereocenters. The molecule has 0 atom stereocenters. The Kier molecular flexibility index (Phi) is 4.01. The Hall–Kier alpha value is -1.18. The normalized spacial score (nSPS) is 10.7. The van der Waals surface area contributed by atoms with Gasteiger partial charge in [0.05, 0.1) is 11.4 Å². The van der Waals surface area contributed by atoms with E-state index in [-0.39, 0.29) is 0 Å². The van der Waals surface area contributed by atoms with E-state index in [1.807, 2.05) is 6.07 Å². The van der Waals surface area contributed by atoms with Gasteiger partial charge in [0, 0.05) is 13.1 Å². The monoisotopic (exact) mass is 206 g/mol. The number of nitrogens with two attached hydrogens (primary N) is 1. The lowest BCUT2D eigenvalue weighted by Gasteiger charge is -2.29. The molecule has 0 aromatic heterocycles. The summed E-state index contributed by atoms with van der Waals surface area (Å²) in [5.41, 5.74) is 9.28. The van der Waals surface area contributed by atoms with Gasteiger partial charge >= 0.3 is 0 Å². The van der Waals surface area contributed by atoms with Crippen LogP contribution in [-0.4, -0.2) is 13.1 Å². The molecule has 0 saturated heterocycles. The molecule has 2 nitrogen and oxygen atoms in total. The van der Waals surface area contributed by atoms with Crippen LogP contribution in [-0.2, 0) is 0 Å². The fraction of sp³-hybridized carbons (Fsp3) is 0.538. The second-order valence-corrected chi connectivity index (χ2v) is 4.14. The molecule has 2 heteroatoms. The van der Waals surface area contributed by atoms with Crippen molar-refractivity contribution in [1.29, 1.82) is 0 Å². The Balaban J connectivity index is 2.98. The fourth-order valence-corrected chi connectivity index (χ4v) is 1.99. The molecule has 0 bridgehead atoms. The van der Waals surface area contributed by atoms with Gasteiger partial charge in [-0.2, -0.15) is 0 Å². The first-order valence-corrected chi connectivity index (χ1v) is 5.69. The standard InChI is InChI=1S/C13H22N2/c1-5-11(6-2)15(4)13-9-10(3)7-8-12(13)14/h7-9,11H,5-6,14H2,1-4H3. The predicted molar refractivity (Wildman–Crippen MR) is 68.4 cm³/mol. The SMILES string of the molecule is CCC(CC)N(C)c1cc(C)ccc1N. The summed E-state index contributed by atoms with van der Waals surface area (Å²) in [6, 6.07) is 6.78. The van der Waals surface area contributed by atoms with E-state index in [1.54, 1.807) is 0 Å².